The van der Waals surface area contributed by atoms with Crippen LogP contribution in [0, 0.1) is 0 Å². The van der Waals surface area contributed by atoms with Crippen molar-refractivity contribution in [1.29, 1.82) is 0 Å². The third-order valence-corrected chi connectivity index (χ3v) is 3.04. The summed E-state index contributed by atoms with van der Waals surface area (Å²) in [5.74, 6) is -0.556. The topological polar surface area (TPSA) is 96.2 Å². The van der Waals surface area contributed by atoms with Crippen molar-refractivity contribution in [2.24, 2.45) is 0 Å². The van der Waals surface area contributed by atoms with Crippen LogP contribution in [0.1, 0.15) is 17.3 Å². The smallest absolute Gasteiger partial charge is 0.338 e. The fourth-order valence-corrected chi connectivity index (χ4v) is 1.95. The van der Waals surface area contributed by atoms with E-state index in [2.05, 4.69) is 0 Å². The van der Waals surface area contributed by atoms with Crippen LogP contribution in [0.25, 0.3) is 0 Å². The van der Waals surface area contributed by atoms with Crippen molar-refractivity contribution in [2.75, 3.05) is 0 Å². The average Bonchev–Trinajstić information content (AvgIpc) is 2.67. The molecule has 2 rings (SSSR count). The molecule has 104 valence electrons. The first kappa shape index (κ1) is 14.0. The molecule has 1 fully saturated rings. The summed E-state index contributed by atoms with van der Waals surface area (Å²) in [5.41, 5.74) is 0.378. The highest BCUT2D eigenvalue weighted by molar-refractivity contribution is 5.89. The first-order chi connectivity index (χ1) is 9.00. The lowest BCUT2D eigenvalue weighted by atomic mass is 10.1. The zero-order valence-electron chi connectivity index (χ0n) is 10.3. The van der Waals surface area contributed by atoms with Gasteiger partial charge in [0.15, 0.2) is 6.29 Å². The van der Waals surface area contributed by atoms with Gasteiger partial charge in [-0.2, -0.15) is 0 Å². The van der Waals surface area contributed by atoms with Crippen molar-refractivity contribution < 1.29 is 29.6 Å². The summed E-state index contributed by atoms with van der Waals surface area (Å²) in [6.07, 6.45) is -5.93. The van der Waals surface area contributed by atoms with Gasteiger partial charge < -0.3 is 24.8 Å². The van der Waals surface area contributed by atoms with Gasteiger partial charge >= 0.3 is 5.97 Å². The highest BCUT2D eigenvalue weighted by atomic mass is 16.7. The third-order valence-electron chi connectivity index (χ3n) is 3.04. The Balaban J connectivity index is 1.98. The predicted molar refractivity (Wildman–Crippen MR) is 64.2 cm³/mol. The molecule has 1 saturated heterocycles. The minimum Gasteiger partial charge on any atom is -0.456 e. The van der Waals surface area contributed by atoms with Gasteiger partial charge in [-0.25, -0.2) is 4.79 Å². The standard InChI is InChI=1S/C13H16O6/c1-7(11-9(14)10(15)13(17)19-11)18-12(16)8-5-3-2-4-6-8/h2-7,9-11,13-15,17H,1H3/t7-,9+,10-,11-,13?/m1/s1. The van der Waals surface area contributed by atoms with Crippen molar-refractivity contribution in [3.63, 3.8) is 0 Å². The second-order valence-electron chi connectivity index (χ2n) is 4.45. The van der Waals surface area contributed by atoms with Gasteiger partial charge in [-0.3, -0.25) is 0 Å². The van der Waals surface area contributed by atoms with E-state index < -0.39 is 36.7 Å². The lowest BCUT2D eigenvalue weighted by Crippen LogP contribution is -2.39. The minimum atomic E-state index is -1.47. The number of ether oxygens (including phenoxy) is 2. The van der Waals surface area contributed by atoms with Crippen LogP contribution in [0.4, 0.5) is 0 Å². The minimum absolute atomic E-state index is 0.378. The van der Waals surface area contributed by atoms with E-state index in [1.54, 1.807) is 30.3 Å². The second-order valence-corrected chi connectivity index (χ2v) is 4.45. The lowest BCUT2D eigenvalue weighted by molar-refractivity contribution is -0.144. The maximum Gasteiger partial charge on any atom is 0.338 e. The number of benzene rings is 1. The van der Waals surface area contributed by atoms with Crippen LogP contribution in [-0.4, -0.2) is 52.0 Å². The molecule has 0 aliphatic carbocycles. The highest BCUT2D eigenvalue weighted by Crippen LogP contribution is 2.24. The Hall–Kier alpha value is -1.47. The van der Waals surface area contributed by atoms with Crippen LogP contribution < -0.4 is 0 Å². The van der Waals surface area contributed by atoms with Crippen molar-refractivity contribution >= 4 is 5.97 Å². The fraction of sp³-hybridized carbons (Fsp3) is 0.462. The fourth-order valence-electron chi connectivity index (χ4n) is 1.95. The predicted octanol–water partition coefficient (Wildman–Crippen LogP) is -0.329. The molecule has 1 aliphatic heterocycles. The molecule has 1 unspecified atom stereocenters. The van der Waals surface area contributed by atoms with E-state index in [1.165, 1.54) is 6.92 Å². The Bertz CT molecular complexity index is 434. The van der Waals surface area contributed by atoms with Crippen LogP contribution >= 0.6 is 0 Å². The Labute approximate surface area is 110 Å². The summed E-state index contributed by atoms with van der Waals surface area (Å²) in [4.78, 5) is 11.8. The molecule has 1 aromatic rings. The van der Waals surface area contributed by atoms with E-state index >= 15 is 0 Å². The van der Waals surface area contributed by atoms with Crippen LogP contribution in [0.2, 0.25) is 0 Å². The summed E-state index contributed by atoms with van der Waals surface area (Å²) in [5, 5.41) is 28.3. The number of carbonyl (C=O) groups excluding carboxylic acids is 1. The Morgan fingerprint density at radius 2 is 1.84 bits per heavy atom. The second kappa shape index (κ2) is 5.66. The van der Waals surface area contributed by atoms with Crippen molar-refractivity contribution in [1.82, 2.24) is 0 Å². The molecule has 0 bridgehead atoms. The largest absolute Gasteiger partial charge is 0.456 e. The Morgan fingerprint density at radius 1 is 1.21 bits per heavy atom. The number of carbonyl (C=O) groups is 1. The van der Waals surface area contributed by atoms with Crippen LogP contribution in [0.3, 0.4) is 0 Å². The SMILES string of the molecule is C[C@@H](OC(=O)c1ccccc1)[C@H]1OC(O)[C@H](O)[C@@H]1O. The number of aliphatic hydroxyl groups excluding tert-OH is 3. The van der Waals surface area contributed by atoms with Crippen LogP contribution in [-0.2, 0) is 9.47 Å². The molecule has 0 amide bonds. The lowest BCUT2D eigenvalue weighted by Gasteiger charge is -2.21. The number of hydrogen-bond acceptors (Lipinski definition) is 6. The molecule has 3 N–H and O–H groups in total. The Morgan fingerprint density at radius 3 is 2.37 bits per heavy atom. The van der Waals surface area contributed by atoms with Crippen molar-refractivity contribution in [3.05, 3.63) is 35.9 Å². The molecule has 1 aliphatic rings. The van der Waals surface area contributed by atoms with Crippen molar-refractivity contribution in [2.45, 2.75) is 37.6 Å². The molecule has 19 heavy (non-hydrogen) atoms. The summed E-state index contributed by atoms with van der Waals surface area (Å²) < 4.78 is 10.1. The molecule has 0 aromatic heterocycles. The average molecular weight is 268 g/mol. The van der Waals surface area contributed by atoms with Crippen LogP contribution in [0.15, 0.2) is 30.3 Å². The third kappa shape index (κ3) is 2.93. The van der Waals surface area contributed by atoms with E-state index in [-0.39, 0.29) is 0 Å². The van der Waals surface area contributed by atoms with E-state index in [0.717, 1.165) is 0 Å². The van der Waals surface area contributed by atoms with Gasteiger partial charge in [0, 0.05) is 0 Å². The maximum absolute atomic E-state index is 11.8. The molecular formula is C13H16O6. The summed E-state index contributed by atoms with van der Waals surface area (Å²) in [6, 6.07) is 8.39. The molecule has 6 nitrogen and oxygen atoms in total. The zero-order valence-corrected chi connectivity index (χ0v) is 10.3. The van der Waals surface area contributed by atoms with Gasteiger partial charge in [0.2, 0.25) is 0 Å². The molecule has 1 aromatic carbocycles. The summed E-state index contributed by atoms with van der Waals surface area (Å²) in [7, 11) is 0. The number of hydrogen-bond donors (Lipinski definition) is 3. The molecule has 0 saturated carbocycles. The van der Waals surface area contributed by atoms with Gasteiger partial charge in [0.05, 0.1) is 5.56 Å². The highest BCUT2D eigenvalue weighted by Gasteiger charge is 2.45. The number of esters is 1. The quantitative estimate of drug-likeness (QED) is 0.650. The Kier molecular flexibility index (Phi) is 4.16. The first-order valence-electron chi connectivity index (χ1n) is 5.96. The van der Waals surface area contributed by atoms with Gasteiger partial charge in [0.1, 0.15) is 24.4 Å². The number of aliphatic hydroxyl groups is 3. The molecule has 6 heteroatoms. The molecule has 5 atom stereocenters. The summed E-state index contributed by atoms with van der Waals surface area (Å²) >= 11 is 0. The van der Waals surface area contributed by atoms with E-state index in [1.807, 2.05) is 0 Å². The maximum atomic E-state index is 11.8. The first-order valence-corrected chi connectivity index (χ1v) is 5.96. The van der Waals surface area contributed by atoms with E-state index in [9.17, 15) is 20.1 Å². The summed E-state index contributed by atoms with van der Waals surface area (Å²) in [6.45, 7) is 1.53. The molecule has 0 spiro atoms. The molecule has 0 radical (unpaired) electrons. The zero-order chi connectivity index (χ0) is 14.0. The van der Waals surface area contributed by atoms with Gasteiger partial charge in [0.25, 0.3) is 0 Å². The monoisotopic (exact) mass is 268 g/mol. The van der Waals surface area contributed by atoms with Crippen LogP contribution in [0.5, 0.6) is 0 Å². The van der Waals surface area contributed by atoms with Gasteiger partial charge in [-0.05, 0) is 19.1 Å². The van der Waals surface area contributed by atoms with Crippen molar-refractivity contribution in [3.8, 4) is 0 Å². The van der Waals surface area contributed by atoms with Gasteiger partial charge in [-0.15, -0.1) is 0 Å². The normalized spacial score (nSPS) is 32.0. The molecular weight excluding hydrogens is 252 g/mol. The van der Waals surface area contributed by atoms with E-state index in [4.69, 9.17) is 9.47 Å². The van der Waals surface area contributed by atoms with Gasteiger partial charge in [-0.1, -0.05) is 18.2 Å². The molecule has 1 heterocycles. The number of rotatable bonds is 3. The van der Waals surface area contributed by atoms with E-state index in [0.29, 0.717) is 5.56 Å².